The molecule has 1 rings (SSSR count). The van der Waals surface area contributed by atoms with Crippen molar-refractivity contribution in [3.05, 3.63) is 28.2 Å². The van der Waals surface area contributed by atoms with Crippen LogP contribution in [0.1, 0.15) is 13.8 Å². The van der Waals surface area contributed by atoms with Crippen molar-refractivity contribution >= 4 is 40.9 Å². The van der Waals surface area contributed by atoms with Crippen molar-refractivity contribution < 1.29 is 14.7 Å². The summed E-state index contributed by atoms with van der Waals surface area (Å²) in [6.45, 7) is 3.10. The van der Waals surface area contributed by atoms with Gasteiger partial charge in [-0.1, -0.05) is 23.2 Å². The molecule has 0 bridgehead atoms. The summed E-state index contributed by atoms with van der Waals surface area (Å²) in [6, 6.07) is 3.90. The predicted molar refractivity (Wildman–Crippen MR) is 75.0 cm³/mol. The SMILES string of the molecule is CC(C)N(CC(=O)O)C(=O)Nc1ccc(Cl)c(Cl)c1. The summed E-state index contributed by atoms with van der Waals surface area (Å²) in [6.07, 6.45) is 0. The highest BCUT2D eigenvalue weighted by Crippen LogP contribution is 2.25. The number of carboxylic acid groups (broad SMARTS) is 1. The number of hydrogen-bond acceptors (Lipinski definition) is 2. The van der Waals surface area contributed by atoms with Crippen molar-refractivity contribution in [2.45, 2.75) is 19.9 Å². The maximum Gasteiger partial charge on any atom is 0.323 e. The number of amides is 2. The maximum atomic E-state index is 12.0. The summed E-state index contributed by atoms with van der Waals surface area (Å²) >= 11 is 11.6. The van der Waals surface area contributed by atoms with Gasteiger partial charge in [0.1, 0.15) is 6.54 Å². The van der Waals surface area contributed by atoms with E-state index in [0.717, 1.165) is 0 Å². The Morgan fingerprint density at radius 2 is 1.95 bits per heavy atom. The van der Waals surface area contributed by atoms with Crippen molar-refractivity contribution in [2.75, 3.05) is 11.9 Å². The Kier molecular flexibility index (Phi) is 5.44. The molecule has 0 heterocycles. The van der Waals surface area contributed by atoms with Gasteiger partial charge in [-0.25, -0.2) is 4.79 Å². The summed E-state index contributed by atoms with van der Waals surface area (Å²) < 4.78 is 0. The first-order valence-corrected chi connectivity index (χ1v) is 6.31. The highest BCUT2D eigenvalue weighted by Gasteiger charge is 2.19. The van der Waals surface area contributed by atoms with Crippen molar-refractivity contribution in [3.8, 4) is 0 Å². The lowest BCUT2D eigenvalue weighted by Gasteiger charge is -2.25. The second-order valence-electron chi connectivity index (χ2n) is 4.17. The molecule has 0 fully saturated rings. The summed E-state index contributed by atoms with van der Waals surface area (Å²) in [5, 5.41) is 12.0. The first-order chi connectivity index (χ1) is 8.81. The number of halogens is 2. The summed E-state index contributed by atoms with van der Waals surface area (Å²) in [5.74, 6) is -1.07. The second-order valence-corrected chi connectivity index (χ2v) is 4.99. The topological polar surface area (TPSA) is 69.6 Å². The molecule has 0 saturated carbocycles. The van der Waals surface area contributed by atoms with Crippen molar-refractivity contribution in [2.24, 2.45) is 0 Å². The van der Waals surface area contributed by atoms with Crippen molar-refractivity contribution in [3.63, 3.8) is 0 Å². The molecule has 0 spiro atoms. The monoisotopic (exact) mass is 304 g/mol. The zero-order chi connectivity index (χ0) is 14.6. The Balaban J connectivity index is 2.81. The van der Waals surface area contributed by atoms with Gasteiger partial charge in [-0.05, 0) is 32.0 Å². The van der Waals surface area contributed by atoms with Crippen LogP contribution in [0, 0.1) is 0 Å². The van der Waals surface area contributed by atoms with Crippen LogP contribution in [-0.2, 0) is 4.79 Å². The molecule has 104 valence electrons. The summed E-state index contributed by atoms with van der Waals surface area (Å²) in [7, 11) is 0. The molecule has 2 amide bonds. The molecule has 0 aliphatic rings. The van der Waals surface area contributed by atoms with E-state index >= 15 is 0 Å². The smallest absolute Gasteiger partial charge is 0.323 e. The third-order valence-electron chi connectivity index (χ3n) is 2.36. The number of nitrogens with zero attached hydrogens (tertiary/aromatic N) is 1. The van der Waals surface area contributed by atoms with Gasteiger partial charge in [0.15, 0.2) is 0 Å². The number of nitrogens with one attached hydrogen (secondary N) is 1. The van der Waals surface area contributed by atoms with E-state index in [1.807, 2.05) is 0 Å². The van der Waals surface area contributed by atoms with E-state index < -0.39 is 12.0 Å². The molecule has 5 nitrogen and oxygen atoms in total. The Bertz CT molecular complexity index is 492. The summed E-state index contributed by atoms with van der Waals surface area (Å²) in [4.78, 5) is 23.9. The number of rotatable bonds is 4. The van der Waals surface area contributed by atoms with Gasteiger partial charge in [-0.3, -0.25) is 4.79 Å². The number of hydrogen-bond donors (Lipinski definition) is 2. The van der Waals surface area contributed by atoms with E-state index in [1.54, 1.807) is 26.0 Å². The van der Waals surface area contributed by atoms with Gasteiger partial charge < -0.3 is 15.3 Å². The minimum absolute atomic E-state index is 0.237. The van der Waals surface area contributed by atoms with E-state index in [0.29, 0.717) is 15.7 Å². The third-order valence-corrected chi connectivity index (χ3v) is 3.10. The minimum Gasteiger partial charge on any atom is -0.480 e. The van der Waals surface area contributed by atoms with E-state index in [-0.39, 0.29) is 12.6 Å². The van der Waals surface area contributed by atoms with Crippen molar-refractivity contribution in [1.82, 2.24) is 4.90 Å². The molecular weight excluding hydrogens is 291 g/mol. The molecule has 1 aromatic carbocycles. The number of benzene rings is 1. The fraction of sp³-hybridized carbons (Fsp3) is 0.333. The molecule has 0 aliphatic heterocycles. The molecule has 0 unspecified atom stereocenters. The standard InChI is InChI=1S/C12H14Cl2N2O3/c1-7(2)16(6-11(17)18)12(19)15-8-3-4-9(13)10(14)5-8/h3-5,7H,6H2,1-2H3,(H,15,19)(H,17,18). The number of urea groups is 1. The average Bonchev–Trinajstić information content (AvgIpc) is 2.30. The van der Waals surface area contributed by atoms with Crippen molar-refractivity contribution in [1.29, 1.82) is 0 Å². The van der Waals surface area contributed by atoms with Gasteiger partial charge in [0, 0.05) is 11.7 Å². The Morgan fingerprint density at radius 1 is 1.32 bits per heavy atom. The lowest BCUT2D eigenvalue weighted by Crippen LogP contribution is -2.43. The molecule has 1 aromatic rings. The number of carboxylic acids is 1. The fourth-order valence-corrected chi connectivity index (χ4v) is 1.70. The van der Waals surface area contributed by atoms with Gasteiger partial charge >= 0.3 is 12.0 Å². The van der Waals surface area contributed by atoms with Crippen LogP contribution < -0.4 is 5.32 Å². The number of carbonyl (C=O) groups excluding carboxylic acids is 1. The fourth-order valence-electron chi connectivity index (χ4n) is 1.40. The van der Waals surface area contributed by atoms with Crippen LogP contribution in [0.4, 0.5) is 10.5 Å². The number of aliphatic carboxylic acids is 1. The molecule has 0 saturated heterocycles. The first kappa shape index (κ1) is 15.6. The van der Waals surface area contributed by atoms with Gasteiger partial charge in [-0.2, -0.15) is 0 Å². The average molecular weight is 305 g/mol. The molecule has 0 radical (unpaired) electrons. The molecule has 0 aliphatic carbocycles. The molecule has 7 heteroatoms. The number of carbonyl (C=O) groups is 2. The highest BCUT2D eigenvalue weighted by atomic mass is 35.5. The molecule has 0 aromatic heterocycles. The minimum atomic E-state index is -1.07. The quantitative estimate of drug-likeness (QED) is 0.896. The molecular formula is C12H14Cl2N2O3. The van der Waals surface area contributed by atoms with Gasteiger partial charge in [0.05, 0.1) is 10.0 Å². The van der Waals surface area contributed by atoms with Gasteiger partial charge in [-0.15, -0.1) is 0 Å². The summed E-state index contributed by atoms with van der Waals surface area (Å²) in [5.41, 5.74) is 0.454. The van der Waals surface area contributed by atoms with E-state index in [1.165, 1.54) is 11.0 Å². The molecule has 19 heavy (non-hydrogen) atoms. The third kappa shape index (κ3) is 4.61. The maximum absolute atomic E-state index is 12.0. The lowest BCUT2D eigenvalue weighted by atomic mass is 10.3. The van der Waals surface area contributed by atoms with Crippen LogP contribution in [0.3, 0.4) is 0 Å². The Morgan fingerprint density at radius 3 is 2.42 bits per heavy atom. The van der Waals surface area contributed by atoms with Gasteiger partial charge in [0.2, 0.25) is 0 Å². The Labute approximate surface area is 121 Å². The van der Waals surface area contributed by atoms with Crippen LogP contribution in [0.15, 0.2) is 18.2 Å². The lowest BCUT2D eigenvalue weighted by molar-refractivity contribution is -0.137. The van der Waals surface area contributed by atoms with Crippen LogP contribution in [-0.4, -0.2) is 34.6 Å². The van der Waals surface area contributed by atoms with Gasteiger partial charge in [0.25, 0.3) is 0 Å². The zero-order valence-electron chi connectivity index (χ0n) is 10.5. The second kappa shape index (κ2) is 6.63. The van der Waals surface area contributed by atoms with E-state index in [9.17, 15) is 9.59 Å². The van der Waals surface area contributed by atoms with Crippen LogP contribution in [0.5, 0.6) is 0 Å². The first-order valence-electron chi connectivity index (χ1n) is 5.55. The van der Waals surface area contributed by atoms with Crippen LogP contribution in [0.2, 0.25) is 10.0 Å². The zero-order valence-corrected chi connectivity index (χ0v) is 12.0. The predicted octanol–water partition coefficient (Wildman–Crippen LogP) is 3.32. The Hall–Kier alpha value is -1.46. The molecule has 2 N–H and O–H groups in total. The largest absolute Gasteiger partial charge is 0.480 e. The normalized spacial score (nSPS) is 10.4. The van der Waals surface area contributed by atoms with E-state index in [2.05, 4.69) is 5.32 Å². The van der Waals surface area contributed by atoms with Crippen LogP contribution >= 0.6 is 23.2 Å². The van der Waals surface area contributed by atoms with E-state index in [4.69, 9.17) is 28.3 Å². The highest BCUT2D eigenvalue weighted by molar-refractivity contribution is 6.42. The van der Waals surface area contributed by atoms with Crippen LogP contribution in [0.25, 0.3) is 0 Å². The molecule has 0 atom stereocenters. The number of anilines is 1.